The summed E-state index contributed by atoms with van der Waals surface area (Å²) in [5.41, 5.74) is 4.42. The van der Waals surface area contributed by atoms with Gasteiger partial charge in [-0.1, -0.05) is 60.3 Å². The number of carbonyl (C=O) groups excluding carboxylic acids is 4. The van der Waals surface area contributed by atoms with Crippen molar-refractivity contribution in [3.8, 4) is 11.1 Å². The number of thioether (sulfide) groups is 1. The van der Waals surface area contributed by atoms with Gasteiger partial charge in [0.1, 0.15) is 67.6 Å². The first-order valence-corrected chi connectivity index (χ1v) is 23.8. The average molecular weight is 993 g/mol. The number of methoxy groups -OCH3 is 8. The molecule has 3 saturated heterocycles. The highest BCUT2D eigenvalue weighted by Gasteiger charge is 2.56. The quantitative estimate of drug-likeness (QED) is 0.153. The van der Waals surface area contributed by atoms with Crippen molar-refractivity contribution in [1.82, 2.24) is 10.6 Å². The van der Waals surface area contributed by atoms with Crippen LogP contribution in [-0.4, -0.2) is 197 Å². The monoisotopic (exact) mass is 992 g/mol. The van der Waals surface area contributed by atoms with Gasteiger partial charge in [0, 0.05) is 76.1 Å². The molecule has 0 radical (unpaired) electrons. The topological polar surface area (TPSA) is 222 Å². The first kappa shape index (κ1) is 54.7. The van der Waals surface area contributed by atoms with Gasteiger partial charge >= 0.3 is 5.97 Å². The van der Waals surface area contributed by atoms with Crippen LogP contribution in [0.4, 0.5) is 0 Å². The van der Waals surface area contributed by atoms with Crippen LogP contribution in [0.2, 0.25) is 0 Å². The number of hydrogen-bond acceptors (Lipinski definition) is 19. The molecule has 0 bridgehead atoms. The molecule has 69 heavy (non-hydrogen) atoms. The Morgan fingerprint density at radius 1 is 0.565 bits per heavy atom. The number of rotatable bonds is 23. The molecule has 2 aromatic rings. The van der Waals surface area contributed by atoms with E-state index < -0.39 is 104 Å². The third kappa shape index (κ3) is 12.9. The Labute approximate surface area is 407 Å². The minimum absolute atomic E-state index is 0.00564. The zero-order chi connectivity index (χ0) is 49.8. The summed E-state index contributed by atoms with van der Waals surface area (Å²) in [5.74, 6) is -1.53. The first-order chi connectivity index (χ1) is 33.4. The van der Waals surface area contributed by atoms with E-state index in [1.165, 1.54) is 63.8 Å². The molecule has 0 saturated carbocycles. The van der Waals surface area contributed by atoms with Crippen LogP contribution in [0.15, 0.2) is 48.5 Å². The second-order valence-corrected chi connectivity index (χ2v) is 18.2. The lowest BCUT2D eigenvalue weighted by molar-refractivity contribution is -0.374. The fourth-order valence-corrected chi connectivity index (χ4v) is 10.1. The Hall–Kier alpha value is -3.65. The summed E-state index contributed by atoms with van der Waals surface area (Å²) in [4.78, 5) is 50.8. The van der Waals surface area contributed by atoms with E-state index in [1.807, 2.05) is 36.4 Å². The second-order valence-electron chi connectivity index (χ2n) is 17.0. The molecule has 21 heteroatoms. The minimum Gasteiger partial charge on any atom is -0.465 e. The van der Waals surface area contributed by atoms with Gasteiger partial charge in [-0.3, -0.25) is 19.2 Å². The SMILES string of the molecule is COCC1OC(NC(=O)CCC(=O)OCC2c3ccccc3-c3ccccc32)C(OC)C(OC)C1OC1OC(COC)C(OC2OC(C)C(NC(=O)CSC(C)=O)C(OC)C2OC)C(OC)C1OC. The number of ether oxygens (including phenoxy) is 14. The van der Waals surface area contributed by atoms with E-state index in [0.717, 1.165) is 34.0 Å². The van der Waals surface area contributed by atoms with Crippen molar-refractivity contribution in [1.29, 1.82) is 0 Å². The van der Waals surface area contributed by atoms with Crippen molar-refractivity contribution in [3.63, 3.8) is 0 Å². The summed E-state index contributed by atoms with van der Waals surface area (Å²) >= 11 is 0.895. The number of hydrogen-bond donors (Lipinski definition) is 2. The highest BCUT2D eigenvalue weighted by Crippen LogP contribution is 2.44. The van der Waals surface area contributed by atoms with Crippen molar-refractivity contribution in [2.45, 2.75) is 125 Å². The number of amides is 2. The summed E-state index contributed by atoms with van der Waals surface area (Å²) in [5, 5.41) is 5.59. The largest absolute Gasteiger partial charge is 0.465 e. The molecule has 6 rings (SSSR count). The van der Waals surface area contributed by atoms with E-state index >= 15 is 0 Å². The van der Waals surface area contributed by atoms with Gasteiger partial charge in [-0.2, -0.15) is 0 Å². The predicted octanol–water partition coefficient (Wildman–Crippen LogP) is 2.35. The summed E-state index contributed by atoms with van der Waals surface area (Å²) in [6.07, 6.45) is -12.9. The minimum atomic E-state index is -1.14. The van der Waals surface area contributed by atoms with E-state index in [2.05, 4.69) is 22.8 Å². The van der Waals surface area contributed by atoms with Crippen LogP contribution in [-0.2, 0) is 85.5 Å². The Kier molecular flexibility index (Phi) is 20.7. The zero-order valence-corrected chi connectivity index (χ0v) is 41.7. The fraction of sp³-hybridized carbons (Fsp3) is 0.667. The standard InChI is InChI=1S/C48H68N2O18S/c1-25-37(49-35(53)24-69-26(2)51)40(57-5)44(61-9)47(64-25)67-39-33(23-56-4)66-48(45(62-10)42(39)59-7)68-38-32(22-55-3)65-46(43(60-8)41(38)58-6)50-34(52)19-20-36(54)63-21-31-29-17-13-11-15-27(29)28-16-12-14-18-30(28)31/h11-18,25,31-33,37-48H,19-24H2,1-10H3,(H,49,53)(H,50,52). The van der Waals surface area contributed by atoms with Gasteiger partial charge in [-0.05, 0) is 29.2 Å². The van der Waals surface area contributed by atoms with Crippen LogP contribution in [0.3, 0.4) is 0 Å². The zero-order valence-electron chi connectivity index (χ0n) is 40.9. The average Bonchev–Trinajstić information content (AvgIpc) is 3.66. The van der Waals surface area contributed by atoms with E-state index in [1.54, 1.807) is 6.92 Å². The van der Waals surface area contributed by atoms with Gasteiger partial charge in [0.15, 0.2) is 23.9 Å². The maximum absolute atomic E-state index is 13.5. The van der Waals surface area contributed by atoms with Crippen LogP contribution < -0.4 is 10.6 Å². The lowest BCUT2D eigenvalue weighted by Gasteiger charge is -2.51. The van der Waals surface area contributed by atoms with Crippen LogP contribution in [0.5, 0.6) is 0 Å². The van der Waals surface area contributed by atoms with Crippen LogP contribution in [0, 0.1) is 0 Å². The summed E-state index contributed by atoms with van der Waals surface area (Å²) in [6, 6.07) is 15.5. The normalized spacial score (nSPS) is 32.2. The molecular weight excluding hydrogens is 925 g/mol. The van der Waals surface area contributed by atoms with Gasteiger partial charge in [-0.15, -0.1) is 0 Å². The maximum Gasteiger partial charge on any atom is 0.306 e. The van der Waals surface area contributed by atoms with Gasteiger partial charge in [0.05, 0.1) is 37.5 Å². The fourth-order valence-electron chi connectivity index (χ4n) is 9.66. The van der Waals surface area contributed by atoms with Crippen LogP contribution in [0.1, 0.15) is 43.7 Å². The predicted molar refractivity (Wildman–Crippen MR) is 247 cm³/mol. The molecule has 2 amide bonds. The van der Waals surface area contributed by atoms with Crippen molar-refractivity contribution >= 4 is 34.7 Å². The van der Waals surface area contributed by atoms with Crippen molar-refractivity contribution < 1.29 is 85.5 Å². The molecule has 4 aliphatic rings. The molecule has 2 aromatic carbocycles. The smallest absolute Gasteiger partial charge is 0.306 e. The molecule has 3 aliphatic heterocycles. The van der Waals surface area contributed by atoms with E-state index in [9.17, 15) is 19.2 Å². The highest BCUT2D eigenvalue weighted by atomic mass is 32.2. The van der Waals surface area contributed by atoms with E-state index in [-0.39, 0.29) is 55.4 Å². The summed E-state index contributed by atoms with van der Waals surface area (Å²) < 4.78 is 85.5. The maximum atomic E-state index is 13.5. The lowest BCUT2D eigenvalue weighted by atomic mass is 9.94. The molecule has 20 nitrogen and oxygen atoms in total. The second kappa shape index (κ2) is 26.2. The molecule has 15 atom stereocenters. The molecule has 0 aromatic heterocycles. The Morgan fingerprint density at radius 2 is 1.07 bits per heavy atom. The Bertz CT molecular complexity index is 1950. The first-order valence-electron chi connectivity index (χ1n) is 22.8. The van der Waals surface area contributed by atoms with Gasteiger partial charge in [0.25, 0.3) is 0 Å². The number of esters is 1. The third-order valence-electron chi connectivity index (χ3n) is 12.9. The van der Waals surface area contributed by atoms with Gasteiger partial charge in [-0.25, -0.2) is 0 Å². The third-order valence-corrected chi connectivity index (χ3v) is 13.7. The van der Waals surface area contributed by atoms with Crippen LogP contribution >= 0.6 is 11.8 Å². The highest BCUT2D eigenvalue weighted by molar-refractivity contribution is 8.14. The van der Waals surface area contributed by atoms with Crippen molar-refractivity contribution in [3.05, 3.63) is 59.7 Å². The van der Waals surface area contributed by atoms with Crippen molar-refractivity contribution in [2.24, 2.45) is 0 Å². The number of nitrogens with one attached hydrogen (secondary N) is 2. The molecule has 2 N–H and O–H groups in total. The molecule has 3 fully saturated rings. The molecule has 384 valence electrons. The van der Waals surface area contributed by atoms with E-state index in [0.29, 0.717) is 0 Å². The molecule has 15 unspecified atom stereocenters. The summed E-state index contributed by atoms with van der Waals surface area (Å²) in [7, 11) is 11.9. The van der Waals surface area contributed by atoms with E-state index in [4.69, 9.17) is 66.3 Å². The Morgan fingerprint density at radius 3 is 1.61 bits per heavy atom. The molecule has 0 spiro atoms. The Balaban J connectivity index is 1.10. The van der Waals surface area contributed by atoms with Gasteiger partial charge < -0.3 is 76.9 Å². The van der Waals surface area contributed by atoms with Gasteiger partial charge in [0.2, 0.25) is 11.8 Å². The summed E-state index contributed by atoms with van der Waals surface area (Å²) in [6.45, 7) is 3.32. The lowest BCUT2D eigenvalue weighted by Crippen LogP contribution is -2.69. The number of carbonyl (C=O) groups is 4. The van der Waals surface area contributed by atoms with Crippen molar-refractivity contribution in [2.75, 3.05) is 82.5 Å². The number of fused-ring (bicyclic) bond motifs is 3. The molecular formula is C48H68N2O18S. The van der Waals surface area contributed by atoms with Crippen LogP contribution in [0.25, 0.3) is 11.1 Å². The molecule has 3 heterocycles. The number of benzene rings is 2. The molecule has 1 aliphatic carbocycles.